The van der Waals surface area contributed by atoms with Crippen molar-refractivity contribution in [3.8, 4) is 11.5 Å². The SMILES string of the molecule is COc1cc(/C=C2\C(=O)NC(=O)N(c3cc(C(F)(F)F)ccc3Cl)C2=O)cc(Br)c1OCc1ccc(Cl)cc1Cl. The topological polar surface area (TPSA) is 84.9 Å². The average molecular weight is 679 g/mol. The lowest BCUT2D eigenvalue weighted by atomic mass is 10.1. The summed E-state index contributed by atoms with van der Waals surface area (Å²) in [5.74, 6) is -1.74. The monoisotopic (exact) mass is 676 g/mol. The third-order valence-corrected chi connectivity index (χ3v) is 7.06. The molecule has 0 unspecified atom stereocenters. The third kappa shape index (κ3) is 6.22. The molecule has 0 saturated carbocycles. The predicted molar refractivity (Wildman–Crippen MR) is 147 cm³/mol. The quantitative estimate of drug-likeness (QED) is 0.214. The molecule has 1 fully saturated rings. The van der Waals surface area contributed by atoms with Gasteiger partial charge in [-0.05, 0) is 70.0 Å². The lowest BCUT2D eigenvalue weighted by molar-refractivity contribution is -0.137. The molecule has 1 aliphatic rings. The second-order valence-corrected chi connectivity index (χ2v) is 10.3. The van der Waals surface area contributed by atoms with Gasteiger partial charge in [-0.2, -0.15) is 13.2 Å². The van der Waals surface area contributed by atoms with E-state index < -0.39 is 40.8 Å². The van der Waals surface area contributed by atoms with Gasteiger partial charge in [0.05, 0.1) is 27.9 Å². The van der Waals surface area contributed by atoms with E-state index in [1.54, 1.807) is 18.2 Å². The Bertz CT molecular complexity index is 1580. The first kappa shape index (κ1) is 29.7. The van der Waals surface area contributed by atoms with E-state index in [1.807, 2.05) is 5.32 Å². The standard InChI is InChI=1S/C26H15BrCl3F3N2O5/c1-39-21-8-12(7-17(27)22(21)40-11-13-2-4-15(28)10-19(13)30)6-16-23(36)34-25(38)35(24(16)37)20-9-14(26(31,32)33)3-5-18(20)29/h2-10H,11H2,1H3,(H,34,36,38)/b16-6+. The van der Waals surface area contributed by atoms with Gasteiger partial charge in [0.2, 0.25) is 0 Å². The molecule has 1 aliphatic heterocycles. The van der Waals surface area contributed by atoms with E-state index in [0.29, 0.717) is 37.1 Å². The van der Waals surface area contributed by atoms with Crippen LogP contribution in [0.15, 0.2) is 58.6 Å². The van der Waals surface area contributed by atoms with Gasteiger partial charge >= 0.3 is 12.2 Å². The van der Waals surface area contributed by atoms with Crippen LogP contribution in [-0.2, 0) is 22.4 Å². The zero-order valence-electron chi connectivity index (χ0n) is 20.0. The number of ether oxygens (including phenoxy) is 2. The van der Waals surface area contributed by atoms with Gasteiger partial charge in [-0.15, -0.1) is 0 Å². The molecule has 4 amide bonds. The fourth-order valence-corrected chi connectivity index (χ4v) is 4.89. The number of benzene rings is 3. The summed E-state index contributed by atoms with van der Waals surface area (Å²) in [5, 5.41) is 2.49. The highest BCUT2D eigenvalue weighted by Gasteiger charge is 2.39. The number of urea groups is 1. The van der Waals surface area contributed by atoms with Crippen molar-refractivity contribution in [3.63, 3.8) is 0 Å². The molecule has 0 radical (unpaired) electrons. The van der Waals surface area contributed by atoms with Crippen LogP contribution in [0.4, 0.5) is 23.7 Å². The molecule has 1 saturated heterocycles. The average Bonchev–Trinajstić information content (AvgIpc) is 2.86. The van der Waals surface area contributed by atoms with E-state index in [4.69, 9.17) is 44.3 Å². The molecule has 40 heavy (non-hydrogen) atoms. The first-order chi connectivity index (χ1) is 18.8. The van der Waals surface area contributed by atoms with Crippen molar-refractivity contribution in [1.29, 1.82) is 0 Å². The number of carbonyl (C=O) groups excluding carboxylic acids is 3. The number of nitrogens with one attached hydrogen (secondary N) is 1. The minimum Gasteiger partial charge on any atom is -0.493 e. The van der Waals surface area contributed by atoms with Crippen LogP contribution in [0.25, 0.3) is 6.08 Å². The van der Waals surface area contributed by atoms with Crippen molar-refractivity contribution in [1.82, 2.24) is 5.32 Å². The Hall–Kier alpha value is -3.25. The number of rotatable bonds is 6. The maximum Gasteiger partial charge on any atom is 0.416 e. The second-order valence-electron chi connectivity index (χ2n) is 8.18. The smallest absolute Gasteiger partial charge is 0.416 e. The summed E-state index contributed by atoms with van der Waals surface area (Å²) in [5.41, 5.74) is -1.30. The van der Waals surface area contributed by atoms with E-state index in [2.05, 4.69) is 15.9 Å². The lowest BCUT2D eigenvalue weighted by Crippen LogP contribution is -2.54. The molecule has 3 aromatic rings. The van der Waals surface area contributed by atoms with E-state index in [-0.39, 0.29) is 28.7 Å². The third-order valence-electron chi connectivity index (χ3n) is 5.57. The second kappa shape index (κ2) is 11.7. The summed E-state index contributed by atoms with van der Waals surface area (Å²) in [6.45, 7) is 0.0567. The normalized spacial score (nSPS) is 14.9. The molecule has 0 aliphatic carbocycles. The number of barbiturate groups is 1. The Morgan fingerprint density at radius 2 is 1.73 bits per heavy atom. The summed E-state index contributed by atoms with van der Waals surface area (Å²) in [7, 11) is 1.37. The van der Waals surface area contributed by atoms with Gasteiger partial charge in [0.25, 0.3) is 11.8 Å². The molecule has 4 rings (SSSR count). The van der Waals surface area contributed by atoms with Crippen molar-refractivity contribution >= 4 is 80.3 Å². The van der Waals surface area contributed by atoms with E-state index in [9.17, 15) is 27.6 Å². The minimum absolute atomic E-state index is 0.0567. The molecule has 0 atom stereocenters. The van der Waals surface area contributed by atoms with Gasteiger partial charge < -0.3 is 9.47 Å². The van der Waals surface area contributed by atoms with Crippen LogP contribution < -0.4 is 19.7 Å². The van der Waals surface area contributed by atoms with E-state index >= 15 is 0 Å². The molecule has 1 heterocycles. The predicted octanol–water partition coefficient (Wildman–Crippen LogP) is 7.68. The number of imide groups is 2. The minimum atomic E-state index is -4.77. The van der Waals surface area contributed by atoms with Gasteiger partial charge in [0, 0.05) is 15.6 Å². The Labute approximate surface area is 248 Å². The highest BCUT2D eigenvalue weighted by atomic mass is 79.9. The maximum absolute atomic E-state index is 13.3. The number of amides is 4. The number of hydrogen-bond acceptors (Lipinski definition) is 5. The molecule has 0 spiro atoms. The fourth-order valence-electron chi connectivity index (χ4n) is 3.66. The van der Waals surface area contributed by atoms with Gasteiger partial charge in [0.1, 0.15) is 12.2 Å². The molecule has 0 aromatic heterocycles. The highest BCUT2D eigenvalue weighted by Crippen LogP contribution is 2.39. The molecular formula is C26H15BrCl3F3N2O5. The van der Waals surface area contributed by atoms with Crippen LogP contribution in [0.3, 0.4) is 0 Å². The molecule has 3 aromatic carbocycles. The first-order valence-electron chi connectivity index (χ1n) is 11.0. The summed E-state index contributed by atoms with van der Waals surface area (Å²) in [6.07, 6.45) is -3.62. The molecule has 0 bridgehead atoms. The number of methoxy groups -OCH3 is 1. The highest BCUT2D eigenvalue weighted by molar-refractivity contribution is 9.10. The van der Waals surface area contributed by atoms with E-state index in [1.165, 1.54) is 19.2 Å². The number of hydrogen-bond donors (Lipinski definition) is 1. The van der Waals surface area contributed by atoms with E-state index in [0.717, 1.165) is 12.1 Å². The maximum atomic E-state index is 13.3. The van der Waals surface area contributed by atoms with Crippen LogP contribution in [-0.4, -0.2) is 25.0 Å². The molecule has 7 nitrogen and oxygen atoms in total. The number of carbonyl (C=O) groups is 3. The van der Waals surface area contributed by atoms with Crippen LogP contribution in [0.5, 0.6) is 11.5 Å². The summed E-state index contributed by atoms with van der Waals surface area (Å²) in [4.78, 5) is 38.7. The largest absolute Gasteiger partial charge is 0.493 e. The summed E-state index contributed by atoms with van der Waals surface area (Å²) < 4.78 is 51.4. The Morgan fingerprint density at radius 3 is 2.38 bits per heavy atom. The zero-order chi connectivity index (χ0) is 29.4. The Balaban J connectivity index is 1.68. The van der Waals surface area contributed by atoms with Crippen molar-refractivity contribution in [2.24, 2.45) is 0 Å². The number of alkyl halides is 3. The van der Waals surface area contributed by atoms with Crippen LogP contribution in [0, 0.1) is 0 Å². The van der Waals surface area contributed by atoms with Crippen LogP contribution >= 0.6 is 50.7 Å². The van der Waals surface area contributed by atoms with Crippen molar-refractivity contribution < 1.29 is 37.0 Å². The van der Waals surface area contributed by atoms with Gasteiger partial charge in [0.15, 0.2) is 11.5 Å². The summed E-state index contributed by atoms with van der Waals surface area (Å²) >= 11 is 21.5. The zero-order valence-corrected chi connectivity index (χ0v) is 23.9. The number of nitrogens with zero attached hydrogens (tertiary/aromatic N) is 1. The molecular weight excluding hydrogens is 664 g/mol. The van der Waals surface area contributed by atoms with Crippen LogP contribution in [0.2, 0.25) is 15.1 Å². The first-order valence-corrected chi connectivity index (χ1v) is 12.9. The van der Waals surface area contributed by atoms with Gasteiger partial charge in [-0.1, -0.05) is 40.9 Å². The lowest BCUT2D eigenvalue weighted by Gasteiger charge is -2.27. The number of anilines is 1. The van der Waals surface area contributed by atoms with Gasteiger partial charge in [-0.3, -0.25) is 14.9 Å². The molecule has 1 N–H and O–H groups in total. The van der Waals surface area contributed by atoms with Crippen LogP contribution in [0.1, 0.15) is 16.7 Å². The van der Waals surface area contributed by atoms with Crippen molar-refractivity contribution in [3.05, 3.63) is 90.3 Å². The fraction of sp³-hybridized carbons (Fsp3) is 0.115. The van der Waals surface area contributed by atoms with Gasteiger partial charge in [-0.25, -0.2) is 9.69 Å². The Kier molecular flexibility index (Phi) is 8.69. The number of halogens is 7. The summed E-state index contributed by atoms with van der Waals surface area (Å²) in [6, 6.07) is 8.77. The van der Waals surface area contributed by atoms with Crippen molar-refractivity contribution in [2.75, 3.05) is 12.0 Å². The molecule has 208 valence electrons. The molecule has 14 heteroatoms. The van der Waals surface area contributed by atoms with Crippen molar-refractivity contribution in [2.45, 2.75) is 12.8 Å². The Morgan fingerprint density at radius 1 is 1.00 bits per heavy atom.